The van der Waals surface area contributed by atoms with Crippen LogP contribution in [0.5, 0.6) is 0 Å². The molecule has 1 amide bonds. The number of carbonyl (C=O) groups is 1. The average Bonchev–Trinajstić information content (AvgIpc) is 2.45. The van der Waals surface area contributed by atoms with Crippen LogP contribution in [0.25, 0.3) is 0 Å². The predicted octanol–water partition coefficient (Wildman–Crippen LogP) is 2.43. The minimum Gasteiger partial charge on any atom is -0.337 e. The minimum absolute atomic E-state index is 0.179. The lowest BCUT2D eigenvalue weighted by atomic mass is 10.0. The molecule has 104 valence electrons. The zero-order valence-electron chi connectivity index (χ0n) is 11.4. The molecular weight excluding hydrogens is 243 g/mol. The van der Waals surface area contributed by atoms with Crippen LogP contribution in [0.1, 0.15) is 36.5 Å². The predicted molar refractivity (Wildman–Crippen MR) is 73.6 cm³/mol. The number of halogens is 1. The highest BCUT2D eigenvalue weighted by atomic mass is 19.1. The van der Waals surface area contributed by atoms with E-state index < -0.39 is 5.82 Å². The number of amides is 1. The Kier molecular flexibility index (Phi) is 4.91. The van der Waals surface area contributed by atoms with Gasteiger partial charge in [0.1, 0.15) is 5.82 Å². The molecule has 1 atom stereocenters. The van der Waals surface area contributed by atoms with Gasteiger partial charge in [-0.3, -0.25) is 4.79 Å². The van der Waals surface area contributed by atoms with Gasteiger partial charge >= 0.3 is 0 Å². The van der Waals surface area contributed by atoms with Crippen LogP contribution in [0.15, 0.2) is 24.3 Å². The van der Waals surface area contributed by atoms with Crippen LogP contribution < -0.4 is 5.32 Å². The molecule has 1 heterocycles. The molecule has 1 aliphatic rings. The average molecular weight is 264 g/mol. The summed E-state index contributed by atoms with van der Waals surface area (Å²) in [6, 6.07) is 6.54. The van der Waals surface area contributed by atoms with Crippen molar-refractivity contribution in [2.24, 2.45) is 0 Å². The lowest BCUT2D eigenvalue weighted by Crippen LogP contribution is -2.48. The Morgan fingerprint density at radius 2 is 2.26 bits per heavy atom. The maximum atomic E-state index is 13.6. The van der Waals surface area contributed by atoms with E-state index in [1.54, 1.807) is 23.1 Å². The Morgan fingerprint density at radius 3 is 3.00 bits per heavy atom. The smallest absolute Gasteiger partial charge is 0.256 e. The van der Waals surface area contributed by atoms with Gasteiger partial charge in [0.05, 0.1) is 5.56 Å². The van der Waals surface area contributed by atoms with E-state index in [2.05, 4.69) is 12.2 Å². The van der Waals surface area contributed by atoms with Crippen LogP contribution >= 0.6 is 0 Å². The van der Waals surface area contributed by atoms with Crippen molar-refractivity contribution in [3.63, 3.8) is 0 Å². The highest BCUT2D eigenvalue weighted by Gasteiger charge is 2.25. The first kappa shape index (κ1) is 14.0. The second-order valence-electron chi connectivity index (χ2n) is 5.02. The Morgan fingerprint density at radius 1 is 1.47 bits per heavy atom. The van der Waals surface area contributed by atoms with Gasteiger partial charge in [0.25, 0.3) is 5.91 Å². The van der Waals surface area contributed by atoms with E-state index in [1.807, 2.05) is 0 Å². The molecule has 1 aliphatic heterocycles. The fraction of sp³-hybridized carbons (Fsp3) is 0.533. The Bertz CT molecular complexity index is 436. The molecule has 1 unspecified atom stereocenters. The molecule has 1 N–H and O–H groups in total. The zero-order chi connectivity index (χ0) is 13.7. The van der Waals surface area contributed by atoms with Crippen LogP contribution in [-0.2, 0) is 0 Å². The molecule has 1 aromatic rings. The van der Waals surface area contributed by atoms with Gasteiger partial charge in [0, 0.05) is 19.1 Å². The van der Waals surface area contributed by atoms with Crippen molar-refractivity contribution in [1.82, 2.24) is 10.2 Å². The van der Waals surface area contributed by atoms with Gasteiger partial charge in [-0.15, -0.1) is 0 Å². The normalized spacial score (nSPS) is 19.5. The summed E-state index contributed by atoms with van der Waals surface area (Å²) in [6.07, 6.45) is 3.14. The third-order valence-corrected chi connectivity index (χ3v) is 3.50. The van der Waals surface area contributed by atoms with Gasteiger partial charge in [0.2, 0.25) is 0 Å². The number of nitrogens with zero attached hydrogens (tertiary/aromatic N) is 1. The van der Waals surface area contributed by atoms with Crippen molar-refractivity contribution in [3.05, 3.63) is 35.6 Å². The molecule has 1 aromatic carbocycles. The first-order chi connectivity index (χ1) is 9.22. The highest BCUT2D eigenvalue weighted by Crippen LogP contribution is 2.15. The van der Waals surface area contributed by atoms with Crippen molar-refractivity contribution in [1.29, 1.82) is 0 Å². The fourth-order valence-electron chi connectivity index (χ4n) is 2.48. The molecule has 0 aromatic heterocycles. The molecule has 2 rings (SSSR count). The van der Waals surface area contributed by atoms with Crippen LogP contribution in [0.4, 0.5) is 4.39 Å². The van der Waals surface area contributed by atoms with E-state index in [0.29, 0.717) is 12.6 Å². The topological polar surface area (TPSA) is 32.3 Å². The molecule has 1 fully saturated rings. The molecule has 19 heavy (non-hydrogen) atoms. The van der Waals surface area contributed by atoms with Gasteiger partial charge in [-0.2, -0.15) is 0 Å². The summed E-state index contributed by atoms with van der Waals surface area (Å²) in [7, 11) is 0. The van der Waals surface area contributed by atoms with Crippen molar-refractivity contribution >= 4 is 5.91 Å². The number of nitrogens with one attached hydrogen (secondary N) is 1. The number of hydrogen-bond acceptors (Lipinski definition) is 2. The van der Waals surface area contributed by atoms with Crippen molar-refractivity contribution in [2.75, 3.05) is 19.6 Å². The van der Waals surface area contributed by atoms with Crippen molar-refractivity contribution < 1.29 is 9.18 Å². The Labute approximate surface area is 113 Å². The van der Waals surface area contributed by atoms with E-state index in [0.717, 1.165) is 32.4 Å². The van der Waals surface area contributed by atoms with Crippen molar-refractivity contribution in [3.8, 4) is 0 Å². The standard InChI is InChI=1S/C15H21FN2O/c1-2-9-17-12-6-5-10-18(11-12)15(19)13-7-3-4-8-14(13)16/h3-4,7-8,12,17H,2,5-6,9-11H2,1H3. The lowest BCUT2D eigenvalue weighted by Gasteiger charge is -2.33. The van der Waals surface area contributed by atoms with Gasteiger partial charge in [-0.25, -0.2) is 4.39 Å². The summed E-state index contributed by atoms with van der Waals surface area (Å²) in [5.41, 5.74) is 0.179. The van der Waals surface area contributed by atoms with Gasteiger partial charge in [-0.05, 0) is 37.9 Å². The first-order valence-electron chi connectivity index (χ1n) is 6.99. The number of piperidine rings is 1. The lowest BCUT2D eigenvalue weighted by molar-refractivity contribution is 0.0690. The van der Waals surface area contributed by atoms with E-state index in [1.165, 1.54) is 6.07 Å². The Hall–Kier alpha value is -1.42. The minimum atomic E-state index is -0.434. The SMILES string of the molecule is CCCNC1CCCN(C(=O)c2ccccc2F)C1. The largest absolute Gasteiger partial charge is 0.337 e. The maximum absolute atomic E-state index is 13.6. The van der Waals surface area contributed by atoms with Crippen molar-refractivity contribution in [2.45, 2.75) is 32.2 Å². The highest BCUT2D eigenvalue weighted by molar-refractivity contribution is 5.94. The third-order valence-electron chi connectivity index (χ3n) is 3.50. The molecule has 0 saturated carbocycles. The summed E-state index contributed by atoms with van der Waals surface area (Å²) in [6.45, 7) is 4.48. The van der Waals surface area contributed by atoms with E-state index in [-0.39, 0.29) is 11.5 Å². The first-order valence-corrected chi connectivity index (χ1v) is 6.99. The van der Waals surface area contributed by atoms with E-state index in [9.17, 15) is 9.18 Å². The van der Waals surface area contributed by atoms with Crippen LogP contribution in [0.2, 0.25) is 0 Å². The maximum Gasteiger partial charge on any atom is 0.256 e. The number of benzene rings is 1. The molecule has 0 spiro atoms. The molecule has 3 nitrogen and oxygen atoms in total. The molecule has 4 heteroatoms. The van der Waals surface area contributed by atoms with Crippen LogP contribution in [0, 0.1) is 5.82 Å². The molecule has 0 radical (unpaired) electrons. The molecular formula is C15H21FN2O. The Balaban J connectivity index is 2.01. The molecule has 0 aliphatic carbocycles. The second-order valence-corrected chi connectivity index (χ2v) is 5.02. The van der Waals surface area contributed by atoms with Crippen LogP contribution in [-0.4, -0.2) is 36.5 Å². The summed E-state index contributed by atoms with van der Waals surface area (Å²) in [5.74, 6) is -0.628. The summed E-state index contributed by atoms with van der Waals surface area (Å²) >= 11 is 0. The second kappa shape index (κ2) is 6.66. The summed E-state index contributed by atoms with van der Waals surface area (Å²) in [4.78, 5) is 14.1. The van der Waals surface area contributed by atoms with Gasteiger partial charge in [-0.1, -0.05) is 19.1 Å². The number of hydrogen-bond donors (Lipinski definition) is 1. The number of rotatable bonds is 4. The van der Waals surface area contributed by atoms with Gasteiger partial charge < -0.3 is 10.2 Å². The molecule has 1 saturated heterocycles. The third kappa shape index (κ3) is 3.53. The summed E-state index contributed by atoms with van der Waals surface area (Å²) in [5, 5.41) is 3.43. The fourth-order valence-corrected chi connectivity index (χ4v) is 2.48. The van der Waals surface area contributed by atoms with E-state index in [4.69, 9.17) is 0 Å². The van der Waals surface area contributed by atoms with Crippen LogP contribution in [0.3, 0.4) is 0 Å². The monoisotopic (exact) mass is 264 g/mol. The number of carbonyl (C=O) groups excluding carboxylic acids is 1. The number of likely N-dealkylation sites (tertiary alicyclic amines) is 1. The molecule has 0 bridgehead atoms. The zero-order valence-corrected chi connectivity index (χ0v) is 11.4. The van der Waals surface area contributed by atoms with E-state index >= 15 is 0 Å². The summed E-state index contributed by atoms with van der Waals surface area (Å²) < 4.78 is 13.6. The van der Waals surface area contributed by atoms with Gasteiger partial charge in [0.15, 0.2) is 0 Å². The quantitative estimate of drug-likeness (QED) is 0.906.